The second-order valence-corrected chi connectivity index (χ2v) is 11.5. The summed E-state index contributed by atoms with van der Waals surface area (Å²) in [6.07, 6.45) is 0. The van der Waals surface area contributed by atoms with E-state index < -0.39 is 11.2 Å². The van der Waals surface area contributed by atoms with Gasteiger partial charge in [-0.25, -0.2) is 4.98 Å². The standard InChI is InChI=1S/C31H27BNO3S/c1-30(2,34)31(3,4)36-32-24-9-7-8-22-23-18-21(16-17-27(23)37-28(22)24)19-12-14-20(15-13-19)29-33-25-10-5-6-11-26(25)35-29/h5-18,34H,1-4H3. The molecule has 2 heterocycles. The Balaban J connectivity index is 1.32. The van der Waals surface area contributed by atoms with Crippen LogP contribution in [0.15, 0.2) is 89.3 Å². The topological polar surface area (TPSA) is 55.5 Å². The van der Waals surface area contributed by atoms with Crippen LogP contribution in [0.3, 0.4) is 0 Å². The zero-order valence-corrected chi connectivity index (χ0v) is 22.1. The summed E-state index contributed by atoms with van der Waals surface area (Å²) in [4.78, 5) is 4.61. The van der Waals surface area contributed by atoms with Gasteiger partial charge in [0.25, 0.3) is 0 Å². The number of fused-ring (bicyclic) bond motifs is 4. The van der Waals surface area contributed by atoms with E-state index in [-0.39, 0.29) is 0 Å². The molecule has 0 unspecified atom stereocenters. The molecule has 0 spiro atoms. The Hall–Kier alpha value is -3.45. The molecule has 0 bridgehead atoms. The van der Waals surface area contributed by atoms with Crippen LogP contribution in [-0.4, -0.2) is 28.8 Å². The minimum absolute atomic E-state index is 0.630. The van der Waals surface area contributed by atoms with Crippen LogP contribution in [-0.2, 0) is 4.65 Å². The molecule has 2 aromatic heterocycles. The van der Waals surface area contributed by atoms with E-state index in [1.165, 1.54) is 20.2 Å². The lowest BCUT2D eigenvalue weighted by Crippen LogP contribution is -2.49. The molecular weight excluding hydrogens is 477 g/mol. The number of thiophene rings is 1. The van der Waals surface area contributed by atoms with Crippen molar-refractivity contribution in [3.63, 3.8) is 0 Å². The van der Waals surface area contributed by atoms with E-state index in [9.17, 15) is 5.11 Å². The fraction of sp³-hybridized carbons (Fsp3) is 0.194. The first-order chi connectivity index (χ1) is 17.7. The molecule has 0 fully saturated rings. The fourth-order valence-corrected chi connectivity index (χ4v) is 5.41. The van der Waals surface area contributed by atoms with Crippen molar-refractivity contribution in [1.82, 2.24) is 4.98 Å². The minimum atomic E-state index is -0.970. The molecular formula is C31H27BNO3S. The molecule has 4 nitrogen and oxygen atoms in total. The Morgan fingerprint density at radius 3 is 2.30 bits per heavy atom. The number of aliphatic hydroxyl groups is 1. The van der Waals surface area contributed by atoms with Crippen LogP contribution >= 0.6 is 11.3 Å². The highest BCUT2D eigenvalue weighted by Gasteiger charge is 2.35. The quantitative estimate of drug-likeness (QED) is 0.241. The largest absolute Gasteiger partial charge is 0.436 e. The number of hydrogen-bond acceptors (Lipinski definition) is 5. The SMILES string of the molecule is CC(C)(O)C(C)(C)O[B]c1cccc2c1sc1ccc(-c3ccc(-c4nc5ccccc5o4)cc3)cc12. The summed E-state index contributed by atoms with van der Waals surface area (Å²) >= 11 is 1.76. The lowest BCUT2D eigenvalue weighted by atomic mass is 9.82. The Kier molecular flexibility index (Phi) is 5.72. The van der Waals surface area contributed by atoms with E-state index >= 15 is 0 Å². The van der Waals surface area contributed by atoms with Gasteiger partial charge in [-0.1, -0.05) is 48.5 Å². The molecule has 6 rings (SSSR count). The third-order valence-electron chi connectivity index (χ3n) is 7.24. The van der Waals surface area contributed by atoms with Crippen LogP contribution in [0.25, 0.3) is 53.9 Å². The molecule has 1 N–H and O–H groups in total. The van der Waals surface area contributed by atoms with Gasteiger partial charge in [-0.2, -0.15) is 0 Å². The second kappa shape index (κ2) is 8.84. The third-order valence-corrected chi connectivity index (χ3v) is 8.48. The molecule has 0 aliphatic rings. The number of oxazole rings is 1. The summed E-state index contributed by atoms with van der Waals surface area (Å²) < 4.78 is 14.4. The predicted octanol–water partition coefficient (Wildman–Crippen LogP) is 7.34. The van der Waals surface area contributed by atoms with Crippen LogP contribution in [0.1, 0.15) is 27.7 Å². The van der Waals surface area contributed by atoms with Gasteiger partial charge in [0.05, 0.1) is 11.2 Å². The van der Waals surface area contributed by atoms with Gasteiger partial charge in [-0.05, 0) is 86.1 Å². The van der Waals surface area contributed by atoms with Crippen molar-refractivity contribution in [1.29, 1.82) is 0 Å². The van der Waals surface area contributed by atoms with Gasteiger partial charge in [0.1, 0.15) is 5.52 Å². The summed E-state index contributed by atoms with van der Waals surface area (Å²) in [6.45, 7) is 7.33. The smallest absolute Gasteiger partial charge is 0.332 e. The van der Waals surface area contributed by atoms with Gasteiger partial charge in [0.2, 0.25) is 5.89 Å². The highest BCUT2D eigenvalue weighted by molar-refractivity contribution is 7.27. The third kappa shape index (κ3) is 4.35. The second-order valence-electron chi connectivity index (χ2n) is 10.4. The molecule has 0 amide bonds. The molecule has 37 heavy (non-hydrogen) atoms. The number of benzene rings is 4. The maximum Gasteiger partial charge on any atom is 0.332 e. The molecule has 6 aromatic rings. The highest BCUT2D eigenvalue weighted by atomic mass is 32.1. The maximum atomic E-state index is 10.5. The predicted molar refractivity (Wildman–Crippen MR) is 155 cm³/mol. The van der Waals surface area contributed by atoms with Crippen LogP contribution in [0.2, 0.25) is 0 Å². The normalized spacial score (nSPS) is 12.6. The van der Waals surface area contributed by atoms with E-state index in [4.69, 9.17) is 9.07 Å². The van der Waals surface area contributed by atoms with Gasteiger partial charge in [0, 0.05) is 20.3 Å². The highest BCUT2D eigenvalue weighted by Crippen LogP contribution is 2.36. The van der Waals surface area contributed by atoms with Gasteiger partial charge >= 0.3 is 7.48 Å². The van der Waals surface area contributed by atoms with Crippen LogP contribution in [0.5, 0.6) is 0 Å². The average molecular weight is 504 g/mol. The molecule has 0 saturated carbocycles. The number of para-hydroxylation sites is 2. The van der Waals surface area contributed by atoms with Crippen molar-refractivity contribution in [3.05, 3.63) is 84.9 Å². The van der Waals surface area contributed by atoms with E-state index in [1.54, 1.807) is 32.7 Å². The summed E-state index contributed by atoms with van der Waals surface area (Å²) in [7, 11) is 1.78. The number of rotatable bonds is 6. The zero-order chi connectivity index (χ0) is 25.8. The molecule has 0 atom stereocenters. The van der Waals surface area contributed by atoms with E-state index in [1.807, 2.05) is 38.1 Å². The van der Waals surface area contributed by atoms with Crippen LogP contribution in [0, 0.1) is 0 Å². The van der Waals surface area contributed by atoms with Crippen molar-refractivity contribution in [3.8, 4) is 22.6 Å². The average Bonchev–Trinajstić information content (AvgIpc) is 3.48. The molecule has 0 aliphatic carbocycles. The lowest BCUT2D eigenvalue weighted by molar-refractivity contribution is -0.0893. The van der Waals surface area contributed by atoms with Gasteiger partial charge < -0.3 is 14.2 Å². The lowest BCUT2D eigenvalue weighted by Gasteiger charge is -2.37. The van der Waals surface area contributed by atoms with Crippen molar-refractivity contribution < 1.29 is 14.2 Å². The maximum absolute atomic E-state index is 10.5. The van der Waals surface area contributed by atoms with E-state index in [0.29, 0.717) is 5.89 Å². The zero-order valence-electron chi connectivity index (χ0n) is 21.3. The molecule has 4 aromatic carbocycles. The van der Waals surface area contributed by atoms with Crippen LogP contribution in [0.4, 0.5) is 0 Å². The van der Waals surface area contributed by atoms with Crippen molar-refractivity contribution in [2.75, 3.05) is 0 Å². The minimum Gasteiger partial charge on any atom is -0.436 e. The Labute approximate surface area is 220 Å². The summed E-state index contributed by atoms with van der Waals surface area (Å²) in [5.41, 5.74) is 4.23. The molecule has 0 saturated heterocycles. The Bertz CT molecular complexity index is 1710. The monoisotopic (exact) mass is 504 g/mol. The number of nitrogens with zero attached hydrogens (tertiary/aromatic N) is 1. The van der Waals surface area contributed by atoms with E-state index in [2.05, 4.69) is 65.6 Å². The molecule has 6 heteroatoms. The summed E-state index contributed by atoms with van der Waals surface area (Å²) in [5, 5.41) is 12.9. The summed E-state index contributed by atoms with van der Waals surface area (Å²) in [6, 6.07) is 29.1. The van der Waals surface area contributed by atoms with Gasteiger partial charge in [0.15, 0.2) is 5.58 Å². The van der Waals surface area contributed by atoms with E-state index in [0.717, 1.165) is 33.3 Å². The first-order valence-electron chi connectivity index (χ1n) is 12.3. The Morgan fingerprint density at radius 1 is 0.811 bits per heavy atom. The number of hydrogen-bond donors (Lipinski definition) is 1. The van der Waals surface area contributed by atoms with Crippen molar-refractivity contribution in [2.45, 2.75) is 38.9 Å². The van der Waals surface area contributed by atoms with Gasteiger partial charge in [-0.3, -0.25) is 0 Å². The number of aromatic nitrogens is 1. The van der Waals surface area contributed by atoms with Crippen LogP contribution < -0.4 is 5.46 Å². The molecule has 183 valence electrons. The fourth-order valence-electron chi connectivity index (χ4n) is 4.25. The van der Waals surface area contributed by atoms with Gasteiger partial charge in [-0.15, -0.1) is 11.3 Å². The Morgan fingerprint density at radius 2 is 1.54 bits per heavy atom. The first kappa shape index (κ1) is 23.9. The molecule has 0 aliphatic heterocycles. The molecule has 1 radical (unpaired) electrons. The summed E-state index contributed by atoms with van der Waals surface area (Å²) in [5.74, 6) is 0.630. The van der Waals surface area contributed by atoms with Crippen molar-refractivity contribution >= 4 is 55.6 Å². The first-order valence-corrected chi connectivity index (χ1v) is 13.2. The van der Waals surface area contributed by atoms with Crippen molar-refractivity contribution in [2.24, 2.45) is 0 Å².